The molecule has 0 bridgehead atoms. The average Bonchev–Trinajstić information content (AvgIpc) is 3.53. The van der Waals surface area contributed by atoms with Gasteiger partial charge in [0.2, 0.25) is 11.8 Å². The molecule has 4 nitrogen and oxygen atoms in total. The number of benzene rings is 1. The Kier molecular flexibility index (Phi) is 6.85. The second-order valence-electron chi connectivity index (χ2n) is 8.21. The molecule has 1 aromatic rings. The number of nitrogens with one attached hydrogen (secondary N) is 1. The van der Waals surface area contributed by atoms with E-state index in [9.17, 15) is 22.8 Å². The van der Waals surface area contributed by atoms with Crippen LogP contribution in [-0.2, 0) is 15.8 Å². The summed E-state index contributed by atoms with van der Waals surface area (Å²) in [5.74, 6) is -0.0647. The molecule has 0 spiro atoms. The van der Waals surface area contributed by atoms with E-state index in [1.807, 2.05) is 0 Å². The average molecular weight is 410 g/mol. The Morgan fingerprint density at radius 2 is 1.83 bits per heavy atom. The van der Waals surface area contributed by atoms with Gasteiger partial charge < -0.3 is 10.2 Å². The highest BCUT2D eigenvalue weighted by Gasteiger charge is 2.37. The molecule has 0 heterocycles. The van der Waals surface area contributed by atoms with Crippen molar-refractivity contribution in [3.63, 3.8) is 0 Å². The quantitative estimate of drug-likeness (QED) is 0.699. The first kappa shape index (κ1) is 21.7. The predicted octanol–water partition coefficient (Wildman–Crippen LogP) is 4.84. The van der Waals surface area contributed by atoms with Crippen LogP contribution in [-0.4, -0.2) is 29.3 Å². The standard InChI is InChI=1S/C22H29F3N2O2/c1-15(17-8-5-9-18(14-17)22(23,24)25)27(19-10-11-19)20(28)12-13-26-21(29)16-6-3-2-4-7-16/h5,8-9,14-16,19H,2-4,6-7,10-13H2,1H3,(H,26,29). The van der Waals surface area contributed by atoms with Gasteiger partial charge >= 0.3 is 6.18 Å². The molecule has 0 aliphatic heterocycles. The Bertz CT molecular complexity index is 725. The van der Waals surface area contributed by atoms with Gasteiger partial charge in [-0.2, -0.15) is 13.2 Å². The summed E-state index contributed by atoms with van der Waals surface area (Å²) in [6.45, 7) is 2.04. The number of carbonyl (C=O) groups is 2. The lowest BCUT2D eigenvalue weighted by Crippen LogP contribution is -2.39. The van der Waals surface area contributed by atoms with Crippen molar-refractivity contribution in [1.29, 1.82) is 0 Å². The summed E-state index contributed by atoms with van der Waals surface area (Å²) in [5, 5.41) is 2.87. The fourth-order valence-corrected chi connectivity index (χ4v) is 4.15. The van der Waals surface area contributed by atoms with Crippen molar-refractivity contribution in [2.24, 2.45) is 5.92 Å². The summed E-state index contributed by atoms with van der Waals surface area (Å²) in [6.07, 6.45) is 2.61. The molecule has 2 aliphatic carbocycles. The van der Waals surface area contributed by atoms with Crippen molar-refractivity contribution in [3.05, 3.63) is 35.4 Å². The normalized spacial score (nSPS) is 18.9. The molecule has 160 valence electrons. The smallest absolute Gasteiger partial charge is 0.355 e. The second kappa shape index (κ2) is 9.18. The Balaban J connectivity index is 1.59. The van der Waals surface area contributed by atoms with Crippen LogP contribution in [0.3, 0.4) is 0 Å². The highest BCUT2D eigenvalue weighted by Crippen LogP contribution is 2.37. The molecule has 2 fully saturated rings. The number of rotatable bonds is 7. The van der Waals surface area contributed by atoms with Gasteiger partial charge in [-0.15, -0.1) is 0 Å². The zero-order valence-electron chi connectivity index (χ0n) is 16.8. The summed E-state index contributed by atoms with van der Waals surface area (Å²) in [4.78, 5) is 26.8. The van der Waals surface area contributed by atoms with Crippen LogP contribution in [0.4, 0.5) is 13.2 Å². The topological polar surface area (TPSA) is 49.4 Å². The molecule has 2 aliphatic rings. The van der Waals surface area contributed by atoms with Gasteiger partial charge in [-0.25, -0.2) is 0 Å². The number of nitrogens with zero attached hydrogens (tertiary/aromatic N) is 1. The van der Waals surface area contributed by atoms with Gasteiger partial charge in [0.25, 0.3) is 0 Å². The van der Waals surface area contributed by atoms with E-state index in [0.717, 1.165) is 50.7 Å². The Labute approximate surface area is 169 Å². The van der Waals surface area contributed by atoms with Crippen LogP contribution >= 0.6 is 0 Å². The van der Waals surface area contributed by atoms with Crippen LogP contribution < -0.4 is 5.32 Å². The van der Waals surface area contributed by atoms with Gasteiger partial charge in [0.1, 0.15) is 0 Å². The van der Waals surface area contributed by atoms with Crippen molar-refractivity contribution < 1.29 is 22.8 Å². The molecule has 0 aromatic heterocycles. The van der Waals surface area contributed by atoms with E-state index in [4.69, 9.17) is 0 Å². The number of hydrogen-bond acceptors (Lipinski definition) is 2. The minimum atomic E-state index is -4.41. The highest BCUT2D eigenvalue weighted by molar-refractivity contribution is 5.81. The van der Waals surface area contributed by atoms with E-state index in [1.165, 1.54) is 12.5 Å². The van der Waals surface area contributed by atoms with Crippen molar-refractivity contribution in [3.8, 4) is 0 Å². The molecule has 2 amide bonds. The summed E-state index contributed by atoms with van der Waals surface area (Å²) < 4.78 is 39.1. The first-order chi connectivity index (χ1) is 13.8. The van der Waals surface area contributed by atoms with Crippen molar-refractivity contribution in [1.82, 2.24) is 10.2 Å². The second-order valence-corrected chi connectivity index (χ2v) is 8.21. The molecule has 1 atom stereocenters. The third kappa shape index (κ3) is 5.73. The lowest BCUT2D eigenvalue weighted by atomic mass is 9.89. The van der Waals surface area contributed by atoms with E-state index in [-0.39, 0.29) is 36.7 Å². The highest BCUT2D eigenvalue weighted by atomic mass is 19.4. The van der Waals surface area contributed by atoms with Crippen molar-refractivity contribution in [2.75, 3.05) is 6.54 Å². The van der Waals surface area contributed by atoms with E-state index in [0.29, 0.717) is 5.56 Å². The predicted molar refractivity (Wildman–Crippen MR) is 104 cm³/mol. The molecule has 3 rings (SSSR count). The SMILES string of the molecule is CC(c1cccc(C(F)(F)F)c1)N(C(=O)CCNC(=O)C1CCCCC1)C1CC1. The van der Waals surface area contributed by atoms with Crippen LogP contribution in [0.2, 0.25) is 0 Å². The number of alkyl halides is 3. The molecular weight excluding hydrogens is 381 g/mol. The van der Waals surface area contributed by atoms with E-state index in [1.54, 1.807) is 17.9 Å². The fourth-order valence-electron chi connectivity index (χ4n) is 4.15. The van der Waals surface area contributed by atoms with Gasteiger partial charge in [-0.3, -0.25) is 9.59 Å². The third-order valence-electron chi connectivity index (χ3n) is 5.96. The van der Waals surface area contributed by atoms with E-state index < -0.39 is 17.8 Å². The number of halogens is 3. The van der Waals surface area contributed by atoms with E-state index in [2.05, 4.69) is 5.32 Å². The lowest BCUT2D eigenvalue weighted by Gasteiger charge is -2.30. The van der Waals surface area contributed by atoms with Crippen LogP contribution in [0.15, 0.2) is 24.3 Å². The van der Waals surface area contributed by atoms with Crippen LogP contribution in [0.5, 0.6) is 0 Å². The Morgan fingerprint density at radius 1 is 1.14 bits per heavy atom. The number of carbonyl (C=O) groups excluding carboxylic acids is 2. The Morgan fingerprint density at radius 3 is 2.45 bits per heavy atom. The maximum atomic E-state index is 13.0. The molecule has 1 unspecified atom stereocenters. The molecule has 29 heavy (non-hydrogen) atoms. The van der Waals surface area contributed by atoms with Gasteiger partial charge in [0, 0.05) is 24.9 Å². The lowest BCUT2D eigenvalue weighted by molar-refractivity contribution is -0.137. The fraction of sp³-hybridized carbons (Fsp3) is 0.636. The minimum Gasteiger partial charge on any atom is -0.355 e. The molecule has 1 N–H and O–H groups in total. The first-order valence-electron chi connectivity index (χ1n) is 10.5. The molecule has 0 radical (unpaired) electrons. The van der Waals surface area contributed by atoms with Gasteiger partial charge in [0.15, 0.2) is 0 Å². The van der Waals surface area contributed by atoms with Crippen LogP contribution in [0.1, 0.15) is 75.5 Å². The molecule has 7 heteroatoms. The molecule has 2 saturated carbocycles. The zero-order valence-corrected chi connectivity index (χ0v) is 16.8. The summed E-state index contributed by atoms with van der Waals surface area (Å²) >= 11 is 0. The largest absolute Gasteiger partial charge is 0.416 e. The maximum absolute atomic E-state index is 13.0. The third-order valence-corrected chi connectivity index (χ3v) is 5.96. The van der Waals surface area contributed by atoms with Gasteiger partial charge in [-0.05, 0) is 50.3 Å². The summed E-state index contributed by atoms with van der Waals surface area (Å²) in [7, 11) is 0. The van der Waals surface area contributed by atoms with Crippen LogP contribution in [0.25, 0.3) is 0 Å². The van der Waals surface area contributed by atoms with Gasteiger partial charge in [0.05, 0.1) is 11.6 Å². The number of hydrogen-bond donors (Lipinski definition) is 1. The minimum absolute atomic E-state index is 0.0152. The maximum Gasteiger partial charge on any atom is 0.416 e. The monoisotopic (exact) mass is 410 g/mol. The Hall–Kier alpha value is -2.05. The molecule has 1 aromatic carbocycles. The van der Waals surface area contributed by atoms with Gasteiger partial charge in [-0.1, -0.05) is 31.4 Å². The summed E-state index contributed by atoms with van der Waals surface area (Å²) in [5.41, 5.74) is -0.226. The zero-order chi connectivity index (χ0) is 21.0. The first-order valence-corrected chi connectivity index (χ1v) is 10.5. The van der Waals surface area contributed by atoms with Crippen molar-refractivity contribution in [2.45, 2.75) is 76.6 Å². The molecular formula is C22H29F3N2O2. The van der Waals surface area contributed by atoms with Crippen LogP contribution in [0, 0.1) is 5.92 Å². The summed E-state index contributed by atoms with van der Waals surface area (Å²) in [6, 6.07) is 4.81. The van der Waals surface area contributed by atoms with E-state index >= 15 is 0 Å². The molecule has 0 saturated heterocycles. The van der Waals surface area contributed by atoms with Crippen molar-refractivity contribution >= 4 is 11.8 Å². The number of amides is 2.